The Morgan fingerprint density at radius 3 is 2.71 bits per heavy atom. The number of amides is 1. The number of rotatable bonds is 5. The van der Waals surface area contributed by atoms with Gasteiger partial charge in [0.2, 0.25) is 0 Å². The second kappa shape index (κ2) is 8.64. The molecule has 0 saturated heterocycles. The van der Waals surface area contributed by atoms with Crippen LogP contribution in [0.1, 0.15) is 32.7 Å². The minimum atomic E-state index is -0.214. The maximum Gasteiger partial charge on any atom is 0.251 e. The monoisotopic (exact) mass is 408 g/mol. The van der Waals surface area contributed by atoms with E-state index >= 15 is 0 Å². The molecular weight excluding hydrogens is 388 g/mol. The Hall–Kier alpha value is -4.24. The fourth-order valence-corrected chi connectivity index (χ4v) is 3.33. The van der Waals surface area contributed by atoms with Crippen LogP contribution in [0.4, 0.5) is 0 Å². The zero-order valence-corrected chi connectivity index (χ0v) is 17.2. The number of nitrogens with one attached hydrogen (secondary N) is 1. The molecule has 4 rings (SSSR count). The van der Waals surface area contributed by atoms with Crippen molar-refractivity contribution < 1.29 is 9.53 Å². The molecule has 1 amide bonds. The molecule has 0 aliphatic rings. The summed E-state index contributed by atoms with van der Waals surface area (Å²) in [5.41, 5.74) is 4.38. The number of nitrogens with zero attached hydrogens (tertiary/aromatic N) is 3. The summed E-state index contributed by atoms with van der Waals surface area (Å²) in [7, 11) is 0. The minimum Gasteiger partial charge on any atom is -0.456 e. The third-order valence-electron chi connectivity index (χ3n) is 5.00. The molecule has 0 unspecified atom stereocenters. The summed E-state index contributed by atoms with van der Waals surface area (Å²) in [5, 5.41) is 12.8. The summed E-state index contributed by atoms with van der Waals surface area (Å²) in [6.07, 6.45) is 3.27. The van der Waals surface area contributed by atoms with E-state index in [1.165, 1.54) is 0 Å². The first-order chi connectivity index (χ1) is 15.0. The van der Waals surface area contributed by atoms with Crippen LogP contribution in [0.3, 0.4) is 0 Å². The molecule has 6 nitrogen and oxygen atoms in total. The molecule has 2 aromatic heterocycles. The predicted molar refractivity (Wildman–Crippen MR) is 118 cm³/mol. The van der Waals surface area contributed by atoms with Gasteiger partial charge >= 0.3 is 0 Å². The van der Waals surface area contributed by atoms with Crippen molar-refractivity contribution in [3.8, 4) is 17.6 Å². The maximum absolute atomic E-state index is 12.8. The van der Waals surface area contributed by atoms with Crippen molar-refractivity contribution in [2.24, 2.45) is 0 Å². The zero-order chi connectivity index (χ0) is 21.8. The fourth-order valence-electron chi connectivity index (χ4n) is 3.33. The Balaban J connectivity index is 1.56. The van der Waals surface area contributed by atoms with Crippen LogP contribution in [0, 0.1) is 25.2 Å². The van der Waals surface area contributed by atoms with E-state index in [1.54, 1.807) is 36.7 Å². The maximum atomic E-state index is 12.8. The van der Waals surface area contributed by atoms with Gasteiger partial charge in [-0.3, -0.25) is 9.78 Å². The molecule has 0 spiro atoms. The first-order valence-electron chi connectivity index (χ1n) is 9.81. The van der Waals surface area contributed by atoms with Crippen molar-refractivity contribution in [1.82, 2.24) is 15.3 Å². The Labute approximate surface area is 180 Å². The second-order valence-electron chi connectivity index (χ2n) is 7.20. The van der Waals surface area contributed by atoms with Crippen LogP contribution in [-0.2, 0) is 6.54 Å². The van der Waals surface area contributed by atoms with Crippen LogP contribution in [0.25, 0.3) is 10.9 Å². The number of aryl methyl sites for hydroxylation is 1. The molecule has 0 radical (unpaired) electrons. The van der Waals surface area contributed by atoms with Crippen LogP contribution >= 0.6 is 0 Å². The van der Waals surface area contributed by atoms with Crippen molar-refractivity contribution in [2.75, 3.05) is 0 Å². The number of carbonyl (C=O) groups excluding carboxylic acids is 1. The van der Waals surface area contributed by atoms with Crippen LogP contribution in [0.5, 0.6) is 11.5 Å². The normalized spacial score (nSPS) is 10.5. The summed E-state index contributed by atoms with van der Waals surface area (Å²) < 4.78 is 6.18. The zero-order valence-electron chi connectivity index (χ0n) is 17.2. The number of aromatic nitrogens is 2. The van der Waals surface area contributed by atoms with Gasteiger partial charge in [-0.25, -0.2) is 4.98 Å². The van der Waals surface area contributed by atoms with Crippen molar-refractivity contribution in [3.05, 3.63) is 94.9 Å². The average Bonchev–Trinajstić information content (AvgIpc) is 2.79. The first kappa shape index (κ1) is 20.0. The highest BCUT2D eigenvalue weighted by Crippen LogP contribution is 2.32. The van der Waals surface area contributed by atoms with Crippen LogP contribution in [-0.4, -0.2) is 15.9 Å². The van der Waals surface area contributed by atoms with Gasteiger partial charge in [0.1, 0.15) is 23.3 Å². The van der Waals surface area contributed by atoms with Gasteiger partial charge in [-0.2, -0.15) is 5.26 Å². The molecule has 0 bridgehead atoms. The lowest BCUT2D eigenvalue weighted by atomic mass is 10.1. The summed E-state index contributed by atoms with van der Waals surface area (Å²) in [5.74, 6) is 1.08. The van der Waals surface area contributed by atoms with Crippen molar-refractivity contribution in [2.45, 2.75) is 20.4 Å². The average molecular weight is 408 g/mol. The summed E-state index contributed by atoms with van der Waals surface area (Å²) in [6.45, 7) is 4.18. The van der Waals surface area contributed by atoms with Gasteiger partial charge in [0.05, 0.1) is 5.52 Å². The van der Waals surface area contributed by atoms with Crippen LogP contribution < -0.4 is 10.1 Å². The number of carbonyl (C=O) groups is 1. The van der Waals surface area contributed by atoms with Crippen molar-refractivity contribution in [1.29, 1.82) is 5.26 Å². The van der Waals surface area contributed by atoms with Gasteiger partial charge in [0.25, 0.3) is 5.91 Å². The molecule has 2 aromatic carbocycles. The third kappa shape index (κ3) is 4.36. The molecule has 0 fully saturated rings. The molecule has 2 heterocycles. The highest BCUT2D eigenvalue weighted by Gasteiger charge is 2.14. The molecule has 0 aliphatic heterocycles. The smallest absolute Gasteiger partial charge is 0.251 e. The predicted octanol–water partition coefficient (Wildman–Crippen LogP) is 4.84. The van der Waals surface area contributed by atoms with Crippen molar-refractivity contribution >= 4 is 16.8 Å². The van der Waals surface area contributed by atoms with Gasteiger partial charge < -0.3 is 10.1 Å². The SMILES string of the molecule is Cc1ccc2c(Oc3cccc(C(=O)NCc4ccnc(C#N)c4)c3C)ccnc2c1. The van der Waals surface area contributed by atoms with Gasteiger partial charge in [0.15, 0.2) is 0 Å². The van der Waals surface area contributed by atoms with Gasteiger partial charge in [-0.1, -0.05) is 12.1 Å². The fraction of sp³-hybridized carbons (Fsp3) is 0.120. The Kier molecular flexibility index (Phi) is 5.59. The van der Waals surface area contributed by atoms with Gasteiger partial charge in [-0.15, -0.1) is 0 Å². The second-order valence-corrected chi connectivity index (χ2v) is 7.20. The molecular formula is C25H20N4O2. The van der Waals surface area contributed by atoms with Crippen molar-refractivity contribution in [3.63, 3.8) is 0 Å². The third-order valence-corrected chi connectivity index (χ3v) is 5.00. The summed E-state index contributed by atoms with van der Waals surface area (Å²) in [6, 6.07) is 18.7. The van der Waals surface area contributed by atoms with Gasteiger partial charge in [0, 0.05) is 35.5 Å². The number of pyridine rings is 2. The van der Waals surface area contributed by atoms with E-state index in [4.69, 9.17) is 10.00 Å². The van der Waals surface area contributed by atoms with E-state index in [0.717, 1.165) is 27.6 Å². The minimum absolute atomic E-state index is 0.214. The molecule has 152 valence electrons. The number of hydrogen-bond acceptors (Lipinski definition) is 5. The standard InChI is InChI=1S/C25H20N4O2/c1-16-6-7-21-22(12-16)28-11-9-24(21)31-23-5-3-4-20(17(23)2)25(30)29-15-18-8-10-27-19(13-18)14-26/h3-13H,15H2,1-2H3,(H,29,30). The molecule has 0 saturated carbocycles. The Morgan fingerprint density at radius 1 is 1.03 bits per heavy atom. The lowest BCUT2D eigenvalue weighted by Crippen LogP contribution is -2.23. The molecule has 31 heavy (non-hydrogen) atoms. The van der Waals surface area contributed by atoms with Gasteiger partial charge in [-0.05, 0) is 67.4 Å². The lowest BCUT2D eigenvalue weighted by Gasteiger charge is -2.14. The number of fused-ring (bicyclic) bond motifs is 1. The van der Waals surface area contributed by atoms with E-state index in [2.05, 4.69) is 15.3 Å². The number of nitriles is 1. The number of hydrogen-bond donors (Lipinski definition) is 1. The largest absolute Gasteiger partial charge is 0.456 e. The summed E-state index contributed by atoms with van der Waals surface area (Å²) >= 11 is 0. The highest BCUT2D eigenvalue weighted by molar-refractivity contribution is 5.96. The van der Waals surface area contributed by atoms with E-state index < -0.39 is 0 Å². The van der Waals surface area contributed by atoms with E-state index in [0.29, 0.717) is 29.3 Å². The summed E-state index contributed by atoms with van der Waals surface area (Å²) in [4.78, 5) is 21.1. The molecule has 0 aliphatic carbocycles. The Bertz CT molecular complexity index is 1320. The van der Waals surface area contributed by atoms with E-state index in [9.17, 15) is 4.79 Å². The number of benzene rings is 2. The molecule has 6 heteroatoms. The number of ether oxygens (including phenoxy) is 1. The first-order valence-corrected chi connectivity index (χ1v) is 9.81. The van der Waals surface area contributed by atoms with Crippen LogP contribution in [0.2, 0.25) is 0 Å². The highest BCUT2D eigenvalue weighted by atomic mass is 16.5. The van der Waals surface area contributed by atoms with Crippen LogP contribution in [0.15, 0.2) is 67.0 Å². The Morgan fingerprint density at radius 2 is 1.87 bits per heavy atom. The molecule has 4 aromatic rings. The molecule has 1 N–H and O–H groups in total. The van der Waals surface area contributed by atoms with E-state index in [1.807, 2.05) is 50.2 Å². The quantitative estimate of drug-likeness (QED) is 0.510. The molecule has 0 atom stereocenters. The lowest BCUT2D eigenvalue weighted by molar-refractivity contribution is 0.0950. The van der Waals surface area contributed by atoms with E-state index in [-0.39, 0.29) is 5.91 Å². The topological polar surface area (TPSA) is 87.9 Å².